The minimum atomic E-state index is 0.236. The lowest BCUT2D eigenvalue weighted by molar-refractivity contribution is 0.226. The van der Waals surface area contributed by atoms with Crippen LogP contribution in [0.3, 0.4) is 0 Å². The van der Waals surface area contributed by atoms with Crippen molar-refractivity contribution < 1.29 is 4.74 Å². The molecule has 0 spiro atoms. The van der Waals surface area contributed by atoms with Gasteiger partial charge in [-0.3, -0.25) is 0 Å². The first kappa shape index (κ1) is 17.8. The first-order valence-electron chi connectivity index (χ1n) is 10.0. The van der Waals surface area contributed by atoms with Gasteiger partial charge in [0.25, 0.3) is 0 Å². The lowest BCUT2D eigenvalue weighted by atomic mass is 10.1. The SMILES string of the molecule is Cc1ccc2nc(N3CCSc4ccccc4C3)cc(OC3CCNC3)c2c1. The fourth-order valence-electron chi connectivity index (χ4n) is 3.98. The van der Waals surface area contributed by atoms with Gasteiger partial charge in [-0.15, -0.1) is 11.8 Å². The van der Waals surface area contributed by atoms with Crippen molar-refractivity contribution in [1.82, 2.24) is 10.3 Å². The van der Waals surface area contributed by atoms with E-state index in [4.69, 9.17) is 9.72 Å². The Morgan fingerprint density at radius 1 is 1.18 bits per heavy atom. The molecule has 4 nitrogen and oxygen atoms in total. The van der Waals surface area contributed by atoms with E-state index < -0.39 is 0 Å². The highest BCUT2D eigenvalue weighted by molar-refractivity contribution is 7.99. The van der Waals surface area contributed by atoms with Crippen LogP contribution in [0.25, 0.3) is 10.9 Å². The van der Waals surface area contributed by atoms with E-state index in [1.54, 1.807) is 0 Å². The lowest BCUT2D eigenvalue weighted by Gasteiger charge is -2.24. The number of nitrogens with one attached hydrogen (secondary N) is 1. The van der Waals surface area contributed by atoms with E-state index in [0.717, 1.165) is 60.8 Å². The van der Waals surface area contributed by atoms with Crippen LogP contribution in [-0.4, -0.2) is 36.5 Å². The standard InChI is InChI=1S/C23H25N3OS/c1-16-6-7-20-19(12-16)21(27-18-8-9-24-14-18)13-23(25-20)26-10-11-28-22-5-3-2-4-17(22)15-26/h2-7,12-13,18,24H,8-11,14-15H2,1H3. The Kier molecular flexibility index (Phi) is 4.87. The summed E-state index contributed by atoms with van der Waals surface area (Å²) < 4.78 is 6.44. The van der Waals surface area contributed by atoms with Gasteiger partial charge in [-0.05, 0) is 43.7 Å². The number of benzene rings is 2. The topological polar surface area (TPSA) is 37.4 Å². The quantitative estimate of drug-likeness (QED) is 0.716. The van der Waals surface area contributed by atoms with Gasteiger partial charge in [0.05, 0.1) is 5.52 Å². The minimum absolute atomic E-state index is 0.236. The largest absolute Gasteiger partial charge is 0.488 e. The zero-order chi connectivity index (χ0) is 18.9. The number of aromatic nitrogens is 1. The maximum absolute atomic E-state index is 6.44. The molecule has 1 atom stereocenters. The smallest absolute Gasteiger partial charge is 0.133 e. The molecular weight excluding hydrogens is 366 g/mol. The van der Waals surface area contributed by atoms with E-state index in [2.05, 4.69) is 65.7 Å². The number of thioether (sulfide) groups is 1. The molecule has 1 saturated heterocycles. The molecule has 3 aromatic rings. The molecule has 0 amide bonds. The summed E-state index contributed by atoms with van der Waals surface area (Å²) in [6.45, 7) is 5.93. The number of anilines is 1. The second kappa shape index (κ2) is 7.64. The second-order valence-corrected chi connectivity index (χ2v) is 8.75. The second-order valence-electron chi connectivity index (χ2n) is 7.61. The Morgan fingerprint density at radius 3 is 3.00 bits per heavy atom. The molecule has 1 unspecified atom stereocenters. The maximum Gasteiger partial charge on any atom is 0.133 e. The Bertz CT molecular complexity index is 1000. The van der Waals surface area contributed by atoms with Crippen LogP contribution in [0, 0.1) is 6.92 Å². The highest BCUT2D eigenvalue weighted by Gasteiger charge is 2.21. The van der Waals surface area contributed by atoms with E-state index in [9.17, 15) is 0 Å². The molecular formula is C23H25N3OS. The summed E-state index contributed by atoms with van der Waals surface area (Å²) in [4.78, 5) is 8.78. The fraction of sp³-hybridized carbons (Fsp3) is 0.348. The van der Waals surface area contributed by atoms with Crippen LogP contribution in [0.2, 0.25) is 0 Å². The molecule has 2 aliphatic rings. The van der Waals surface area contributed by atoms with Crippen molar-refractivity contribution >= 4 is 28.5 Å². The summed E-state index contributed by atoms with van der Waals surface area (Å²) in [5.41, 5.74) is 3.61. The van der Waals surface area contributed by atoms with Crippen LogP contribution in [-0.2, 0) is 6.54 Å². The van der Waals surface area contributed by atoms with E-state index in [1.807, 2.05) is 11.8 Å². The van der Waals surface area contributed by atoms with Gasteiger partial charge in [0, 0.05) is 41.7 Å². The number of fused-ring (bicyclic) bond motifs is 2. The Balaban J connectivity index is 1.54. The average molecular weight is 392 g/mol. The first-order chi connectivity index (χ1) is 13.8. The third-order valence-electron chi connectivity index (χ3n) is 5.50. The Morgan fingerprint density at radius 2 is 2.11 bits per heavy atom. The molecule has 0 radical (unpaired) electrons. The molecule has 5 heteroatoms. The van der Waals surface area contributed by atoms with Crippen molar-refractivity contribution in [2.75, 3.05) is 30.3 Å². The maximum atomic E-state index is 6.44. The summed E-state index contributed by atoms with van der Waals surface area (Å²) in [7, 11) is 0. The van der Waals surface area contributed by atoms with Crippen molar-refractivity contribution in [2.45, 2.75) is 30.9 Å². The summed E-state index contributed by atoms with van der Waals surface area (Å²) in [5.74, 6) is 3.03. The molecule has 1 aromatic heterocycles. The number of hydrogen-bond acceptors (Lipinski definition) is 5. The third kappa shape index (κ3) is 3.56. The molecule has 1 N–H and O–H groups in total. The van der Waals surface area contributed by atoms with E-state index >= 15 is 0 Å². The monoisotopic (exact) mass is 391 g/mol. The zero-order valence-corrected chi connectivity index (χ0v) is 17.0. The molecule has 0 bridgehead atoms. The molecule has 1 fully saturated rings. The first-order valence-corrected chi connectivity index (χ1v) is 11.0. The van der Waals surface area contributed by atoms with E-state index in [1.165, 1.54) is 16.0 Å². The highest BCUT2D eigenvalue weighted by Crippen LogP contribution is 2.34. The summed E-state index contributed by atoms with van der Waals surface area (Å²) in [6, 6.07) is 17.3. The number of ether oxygens (including phenoxy) is 1. The number of pyridine rings is 1. The Labute approximate surface area is 170 Å². The molecule has 0 saturated carbocycles. The number of nitrogens with zero attached hydrogens (tertiary/aromatic N) is 2. The van der Waals surface area contributed by atoms with Crippen LogP contribution < -0.4 is 15.0 Å². The Hall–Kier alpha value is -2.24. The highest BCUT2D eigenvalue weighted by atomic mass is 32.2. The summed E-state index contributed by atoms with van der Waals surface area (Å²) >= 11 is 1.93. The predicted molar refractivity (Wildman–Crippen MR) is 117 cm³/mol. The molecule has 0 aliphatic carbocycles. The predicted octanol–water partition coefficient (Wildman–Crippen LogP) is 4.40. The van der Waals surface area contributed by atoms with Gasteiger partial charge in [0.1, 0.15) is 17.7 Å². The molecule has 3 heterocycles. The van der Waals surface area contributed by atoms with Crippen molar-refractivity contribution in [3.8, 4) is 5.75 Å². The van der Waals surface area contributed by atoms with Gasteiger partial charge in [-0.2, -0.15) is 0 Å². The van der Waals surface area contributed by atoms with Gasteiger partial charge in [-0.1, -0.05) is 29.8 Å². The lowest BCUT2D eigenvalue weighted by Crippen LogP contribution is -2.25. The molecule has 28 heavy (non-hydrogen) atoms. The van der Waals surface area contributed by atoms with Gasteiger partial charge < -0.3 is 15.0 Å². The van der Waals surface area contributed by atoms with Crippen LogP contribution in [0.15, 0.2) is 53.4 Å². The zero-order valence-electron chi connectivity index (χ0n) is 16.1. The molecule has 5 rings (SSSR count). The van der Waals surface area contributed by atoms with Gasteiger partial charge >= 0.3 is 0 Å². The number of hydrogen-bond donors (Lipinski definition) is 1. The summed E-state index contributed by atoms with van der Waals surface area (Å²) in [6.07, 6.45) is 1.29. The van der Waals surface area contributed by atoms with E-state index in [-0.39, 0.29) is 6.10 Å². The van der Waals surface area contributed by atoms with Crippen LogP contribution in [0.4, 0.5) is 5.82 Å². The van der Waals surface area contributed by atoms with E-state index in [0.29, 0.717) is 0 Å². The van der Waals surface area contributed by atoms with Crippen molar-refractivity contribution in [1.29, 1.82) is 0 Å². The van der Waals surface area contributed by atoms with Crippen LogP contribution in [0.1, 0.15) is 17.5 Å². The summed E-state index contributed by atoms with van der Waals surface area (Å²) in [5, 5.41) is 4.51. The molecule has 144 valence electrons. The molecule has 2 aromatic carbocycles. The van der Waals surface area contributed by atoms with Gasteiger partial charge in [-0.25, -0.2) is 4.98 Å². The third-order valence-corrected chi connectivity index (χ3v) is 6.59. The normalized spacial score (nSPS) is 19.5. The van der Waals surface area contributed by atoms with Crippen LogP contribution >= 0.6 is 11.8 Å². The minimum Gasteiger partial charge on any atom is -0.488 e. The average Bonchev–Trinajstić information content (AvgIpc) is 3.12. The van der Waals surface area contributed by atoms with Crippen molar-refractivity contribution in [3.05, 3.63) is 59.7 Å². The fourth-order valence-corrected chi connectivity index (χ4v) is 5.01. The number of rotatable bonds is 3. The number of aryl methyl sites for hydroxylation is 1. The molecule has 2 aliphatic heterocycles. The van der Waals surface area contributed by atoms with Gasteiger partial charge in [0.15, 0.2) is 0 Å². The van der Waals surface area contributed by atoms with Crippen molar-refractivity contribution in [2.24, 2.45) is 0 Å². The van der Waals surface area contributed by atoms with Crippen molar-refractivity contribution in [3.63, 3.8) is 0 Å². The van der Waals surface area contributed by atoms with Crippen LogP contribution in [0.5, 0.6) is 5.75 Å². The van der Waals surface area contributed by atoms with Gasteiger partial charge in [0.2, 0.25) is 0 Å².